The molecule has 0 atom stereocenters. The Bertz CT molecular complexity index is 1100. The number of nitrogens with zero attached hydrogens (tertiary/aromatic N) is 2. The van der Waals surface area contributed by atoms with E-state index in [1.54, 1.807) is 13.2 Å². The minimum absolute atomic E-state index is 0.00111. The fourth-order valence-corrected chi connectivity index (χ4v) is 3.66. The summed E-state index contributed by atoms with van der Waals surface area (Å²) >= 11 is 0. The van der Waals surface area contributed by atoms with E-state index >= 15 is 0 Å². The van der Waals surface area contributed by atoms with Gasteiger partial charge in [0.2, 0.25) is 5.95 Å². The molecule has 2 aromatic carbocycles. The van der Waals surface area contributed by atoms with Crippen molar-refractivity contribution in [3.8, 4) is 34.0 Å². The van der Waals surface area contributed by atoms with Crippen LogP contribution in [-0.4, -0.2) is 24.2 Å². The van der Waals surface area contributed by atoms with Crippen LogP contribution >= 0.6 is 0 Å². The number of methoxy groups -OCH3 is 2. The lowest BCUT2D eigenvalue weighted by molar-refractivity contribution is -0.138. The Morgan fingerprint density at radius 3 is 2.38 bits per heavy atom. The normalized spacial score (nSPS) is 12.9. The summed E-state index contributed by atoms with van der Waals surface area (Å²) in [6, 6.07) is 9.58. The molecule has 0 aliphatic heterocycles. The number of fused-ring (bicyclic) bond motifs is 3. The highest BCUT2D eigenvalue weighted by molar-refractivity contribution is 5.79. The van der Waals surface area contributed by atoms with Crippen molar-refractivity contribution in [3.63, 3.8) is 0 Å². The first kappa shape index (κ1) is 19.0. The molecule has 0 bridgehead atoms. The maximum atomic E-state index is 13.5. The average molecular weight is 401 g/mol. The molecular formula is C21H18F3N3O2. The number of benzene rings is 2. The third-order valence-corrected chi connectivity index (χ3v) is 5.02. The molecule has 1 aromatic heterocycles. The molecule has 150 valence electrons. The van der Waals surface area contributed by atoms with Crippen molar-refractivity contribution in [3.05, 3.63) is 53.1 Å². The molecule has 0 saturated heterocycles. The second-order valence-corrected chi connectivity index (χ2v) is 6.69. The summed E-state index contributed by atoms with van der Waals surface area (Å²) < 4.78 is 50.6. The smallest absolute Gasteiger partial charge is 0.419 e. The van der Waals surface area contributed by atoms with Gasteiger partial charge in [0, 0.05) is 16.7 Å². The molecule has 0 radical (unpaired) electrons. The molecule has 0 fully saturated rings. The Morgan fingerprint density at radius 1 is 0.931 bits per heavy atom. The number of halogens is 3. The van der Waals surface area contributed by atoms with Gasteiger partial charge in [0.05, 0.1) is 31.2 Å². The number of aromatic nitrogens is 2. The molecule has 0 amide bonds. The first-order chi connectivity index (χ1) is 13.8. The number of hydrogen-bond acceptors (Lipinski definition) is 5. The van der Waals surface area contributed by atoms with E-state index in [2.05, 4.69) is 9.97 Å². The second kappa shape index (κ2) is 6.95. The fourth-order valence-electron chi connectivity index (χ4n) is 3.66. The molecule has 0 spiro atoms. The summed E-state index contributed by atoms with van der Waals surface area (Å²) in [6.07, 6.45) is -3.24. The first-order valence-corrected chi connectivity index (χ1v) is 8.91. The molecule has 8 heteroatoms. The highest BCUT2D eigenvalue weighted by Crippen LogP contribution is 2.42. The Labute approximate surface area is 165 Å². The van der Waals surface area contributed by atoms with E-state index in [0.717, 1.165) is 29.2 Å². The Balaban J connectivity index is 1.93. The van der Waals surface area contributed by atoms with Gasteiger partial charge < -0.3 is 15.2 Å². The fraction of sp³-hybridized carbons (Fsp3) is 0.238. The van der Waals surface area contributed by atoms with Gasteiger partial charge in [-0.2, -0.15) is 13.2 Å². The van der Waals surface area contributed by atoms with E-state index < -0.39 is 11.7 Å². The predicted octanol–water partition coefficient (Wildman–Crippen LogP) is 4.53. The van der Waals surface area contributed by atoms with Gasteiger partial charge in [-0.3, -0.25) is 0 Å². The third-order valence-electron chi connectivity index (χ3n) is 5.02. The molecule has 1 heterocycles. The molecule has 4 rings (SSSR count). The zero-order chi connectivity index (χ0) is 20.8. The molecular weight excluding hydrogens is 383 g/mol. The molecule has 1 aliphatic rings. The van der Waals surface area contributed by atoms with Crippen molar-refractivity contribution in [2.45, 2.75) is 19.0 Å². The molecule has 2 N–H and O–H groups in total. The van der Waals surface area contributed by atoms with Crippen molar-refractivity contribution in [1.29, 1.82) is 0 Å². The van der Waals surface area contributed by atoms with Crippen LogP contribution in [0.3, 0.4) is 0 Å². The number of hydrogen-bond donors (Lipinski definition) is 1. The van der Waals surface area contributed by atoms with Gasteiger partial charge in [-0.1, -0.05) is 6.07 Å². The van der Waals surface area contributed by atoms with Crippen LogP contribution in [0.2, 0.25) is 0 Å². The summed E-state index contributed by atoms with van der Waals surface area (Å²) in [7, 11) is 2.78. The lowest BCUT2D eigenvalue weighted by Gasteiger charge is -2.22. The molecule has 1 aliphatic carbocycles. The summed E-state index contributed by atoms with van der Waals surface area (Å²) in [5.41, 5.74) is 9.09. The number of ether oxygens (including phenoxy) is 2. The van der Waals surface area contributed by atoms with Crippen LogP contribution in [0.15, 0.2) is 36.4 Å². The van der Waals surface area contributed by atoms with Crippen molar-refractivity contribution in [2.75, 3.05) is 20.0 Å². The zero-order valence-electron chi connectivity index (χ0n) is 15.8. The Morgan fingerprint density at radius 2 is 1.69 bits per heavy atom. The number of alkyl halides is 3. The maximum Gasteiger partial charge on any atom is 0.419 e. The van der Waals surface area contributed by atoms with Gasteiger partial charge in [0.15, 0.2) is 0 Å². The molecule has 5 nitrogen and oxygen atoms in total. The average Bonchev–Trinajstić information content (AvgIpc) is 2.71. The van der Waals surface area contributed by atoms with Crippen LogP contribution in [0.5, 0.6) is 11.5 Å². The number of rotatable bonds is 3. The van der Waals surface area contributed by atoms with E-state index in [0.29, 0.717) is 29.1 Å². The molecule has 29 heavy (non-hydrogen) atoms. The SMILES string of the molecule is COc1ccc2c(c1)-c1nc(N)nc(-c3ccc(OC)c(C(F)(F)F)c3)c1CC2. The van der Waals surface area contributed by atoms with Crippen molar-refractivity contribution < 1.29 is 22.6 Å². The summed E-state index contributed by atoms with van der Waals surface area (Å²) in [4.78, 5) is 8.66. The number of nitrogen functional groups attached to an aromatic ring is 1. The van der Waals surface area contributed by atoms with Crippen LogP contribution in [0.1, 0.15) is 16.7 Å². The Hall–Kier alpha value is -3.29. The van der Waals surface area contributed by atoms with E-state index in [1.807, 2.05) is 18.2 Å². The van der Waals surface area contributed by atoms with Crippen LogP contribution in [-0.2, 0) is 19.0 Å². The van der Waals surface area contributed by atoms with Crippen LogP contribution < -0.4 is 15.2 Å². The van der Waals surface area contributed by atoms with Crippen LogP contribution in [0.4, 0.5) is 19.1 Å². The van der Waals surface area contributed by atoms with Gasteiger partial charge >= 0.3 is 6.18 Å². The molecule has 0 saturated carbocycles. The van der Waals surface area contributed by atoms with Crippen molar-refractivity contribution in [1.82, 2.24) is 9.97 Å². The Kier molecular flexibility index (Phi) is 4.56. The largest absolute Gasteiger partial charge is 0.497 e. The summed E-state index contributed by atoms with van der Waals surface area (Å²) in [5, 5.41) is 0. The highest BCUT2D eigenvalue weighted by atomic mass is 19.4. The lowest BCUT2D eigenvalue weighted by atomic mass is 9.86. The molecule has 3 aromatic rings. The quantitative estimate of drug-likeness (QED) is 0.698. The number of nitrogens with two attached hydrogens (primary N) is 1. The number of anilines is 1. The van der Waals surface area contributed by atoms with Gasteiger partial charge in [-0.05, 0) is 48.7 Å². The maximum absolute atomic E-state index is 13.5. The second-order valence-electron chi connectivity index (χ2n) is 6.69. The van der Waals surface area contributed by atoms with Gasteiger partial charge in [0.25, 0.3) is 0 Å². The summed E-state index contributed by atoms with van der Waals surface area (Å²) in [5.74, 6) is 0.421. The van der Waals surface area contributed by atoms with Gasteiger partial charge in [0.1, 0.15) is 11.5 Å². The van der Waals surface area contributed by atoms with Gasteiger partial charge in [-0.25, -0.2) is 9.97 Å². The van der Waals surface area contributed by atoms with Crippen LogP contribution in [0, 0.1) is 0 Å². The minimum Gasteiger partial charge on any atom is -0.497 e. The standard InChI is InChI=1S/C21H18F3N3O2/c1-28-13-6-3-11-4-7-14-18(26-20(25)27-19(14)15(11)10-13)12-5-8-17(29-2)16(9-12)21(22,23)24/h3,5-6,8-10H,4,7H2,1-2H3,(H2,25,26,27). The third kappa shape index (κ3) is 3.35. The van der Waals surface area contributed by atoms with E-state index in [9.17, 15) is 13.2 Å². The monoisotopic (exact) mass is 401 g/mol. The summed E-state index contributed by atoms with van der Waals surface area (Å²) in [6.45, 7) is 0. The lowest BCUT2D eigenvalue weighted by Crippen LogP contribution is -2.12. The van der Waals surface area contributed by atoms with E-state index in [1.165, 1.54) is 13.2 Å². The predicted molar refractivity (Wildman–Crippen MR) is 103 cm³/mol. The highest BCUT2D eigenvalue weighted by Gasteiger charge is 2.35. The molecule has 0 unspecified atom stereocenters. The van der Waals surface area contributed by atoms with E-state index in [-0.39, 0.29) is 11.7 Å². The minimum atomic E-state index is -4.56. The van der Waals surface area contributed by atoms with Crippen molar-refractivity contribution >= 4 is 5.95 Å². The van der Waals surface area contributed by atoms with Crippen LogP contribution in [0.25, 0.3) is 22.5 Å². The van der Waals surface area contributed by atoms with Gasteiger partial charge in [-0.15, -0.1) is 0 Å². The zero-order valence-corrected chi connectivity index (χ0v) is 15.8. The van der Waals surface area contributed by atoms with E-state index in [4.69, 9.17) is 15.2 Å². The van der Waals surface area contributed by atoms with Crippen molar-refractivity contribution in [2.24, 2.45) is 0 Å². The number of aryl methyl sites for hydroxylation is 1. The first-order valence-electron chi connectivity index (χ1n) is 8.91. The topological polar surface area (TPSA) is 70.3 Å².